The third-order valence-electron chi connectivity index (χ3n) is 3.63. The van der Waals surface area contributed by atoms with E-state index in [2.05, 4.69) is 28.2 Å². The highest BCUT2D eigenvalue weighted by molar-refractivity contribution is 5.72. The molecule has 0 bridgehead atoms. The topological polar surface area (TPSA) is 78.9 Å². The zero-order valence-electron chi connectivity index (χ0n) is 14.2. The minimum Gasteiger partial charge on any atom is -0.439 e. The lowest BCUT2D eigenvalue weighted by Gasteiger charge is -2.06. The zero-order chi connectivity index (χ0) is 18.4. The Balaban J connectivity index is 1.70. The number of hydrogen-bond acceptors (Lipinski definition) is 5. The first-order valence-corrected chi connectivity index (χ1v) is 8.01. The van der Waals surface area contributed by atoms with Crippen molar-refractivity contribution in [2.45, 2.75) is 6.54 Å². The molecule has 0 saturated carbocycles. The number of nitrogen functional groups attached to an aromatic ring is 1. The lowest BCUT2D eigenvalue weighted by atomic mass is 10.1. The van der Waals surface area contributed by atoms with E-state index in [0.29, 0.717) is 24.0 Å². The Morgan fingerprint density at radius 3 is 2.77 bits per heavy atom. The van der Waals surface area contributed by atoms with Gasteiger partial charge < -0.3 is 10.5 Å². The van der Waals surface area contributed by atoms with Crippen LogP contribution in [0, 0.1) is 0 Å². The van der Waals surface area contributed by atoms with E-state index in [9.17, 15) is 0 Å². The first-order chi connectivity index (χ1) is 12.7. The summed E-state index contributed by atoms with van der Waals surface area (Å²) in [6, 6.07) is 7.52. The lowest BCUT2D eigenvalue weighted by Crippen LogP contribution is -2.01. The number of nitrogens with zero attached hydrogens (tertiary/aromatic N) is 4. The molecular weight excluding hydrogens is 326 g/mol. The third-order valence-corrected chi connectivity index (χ3v) is 3.63. The molecule has 3 aromatic rings. The molecule has 130 valence electrons. The molecule has 0 unspecified atom stereocenters. The van der Waals surface area contributed by atoms with E-state index in [1.54, 1.807) is 42.9 Å². The van der Waals surface area contributed by atoms with Crippen LogP contribution in [-0.2, 0) is 6.54 Å². The van der Waals surface area contributed by atoms with Crippen molar-refractivity contribution in [1.29, 1.82) is 0 Å². The highest BCUT2D eigenvalue weighted by atomic mass is 16.5. The van der Waals surface area contributed by atoms with Gasteiger partial charge in [0.2, 0.25) is 5.88 Å². The molecule has 26 heavy (non-hydrogen) atoms. The number of allylic oxidation sites excluding steroid dienone is 3. The second-order valence-electron chi connectivity index (χ2n) is 5.48. The summed E-state index contributed by atoms with van der Waals surface area (Å²) in [7, 11) is 0. The van der Waals surface area contributed by atoms with Gasteiger partial charge in [-0.25, -0.2) is 9.97 Å². The predicted molar refractivity (Wildman–Crippen MR) is 102 cm³/mol. The van der Waals surface area contributed by atoms with Crippen LogP contribution in [0.1, 0.15) is 5.56 Å². The van der Waals surface area contributed by atoms with Crippen LogP contribution in [0.4, 0.5) is 5.82 Å². The summed E-state index contributed by atoms with van der Waals surface area (Å²) in [6.07, 6.45) is 12.1. The largest absolute Gasteiger partial charge is 0.439 e. The first-order valence-electron chi connectivity index (χ1n) is 8.01. The van der Waals surface area contributed by atoms with E-state index >= 15 is 0 Å². The van der Waals surface area contributed by atoms with Crippen LogP contribution < -0.4 is 10.5 Å². The lowest BCUT2D eigenvalue weighted by molar-refractivity contribution is 0.426. The van der Waals surface area contributed by atoms with Gasteiger partial charge in [0.25, 0.3) is 0 Å². The molecule has 3 rings (SSSR count). The second kappa shape index (κ2) is 7.94. The number of hydrogen-bond donors (Lipinski definition) is 1. The van der Waals surface area contributed by atoms with Gasteiger partial charge in [-0.05, 0) is 29.8 Å². The van der Waals surface area contributed by atoms with Gasteiger partial charge in [-0.2, -0.15) is 5.10 Å². The highest BCUT2D eigenvalue weighted by Crippen LogP contribution is 2.23. The molecule has 3 aromatic heterocycles. The van der Waals surface area contributed by atoms with Crippen molar-refractivity contribution < 1.29 is 4.74 Å². The number of anilines is 1. The highest BCUT2D eigenvalue weighted by Gasteiger charge is 2.07. The molecule has 0 aliphatic carbocycles. The van der Waals surface area contributed by atoms with Crippen molar-refractivity contribution in [3.63, 3.8) is 0 Å². The van der Waals surface area contributed by atoms with Crippen molar-refractivity contribution in [3.8, 4) is 17.0 Å². The van der Waals surface area contributed by atoms with E-state index in [1.165, 1.54) is 0 Å². The summed E-state index contributed by atoms with van der Waals surface area (Å²) in [5, 5.41) is 4.38. The molecule has 0 spiro atoms. The number of ether oxygens (including phenoxy) is 1. The minimum atomic E-state index is 0.487. The summed E-state index contributed by atoms with van der Waals surface area (Å²) < 4.78 is 7.43. The van der Waals surface area contributed by atoms with Crippen LogP contribution in [0.3, 0.4) is 0 Å². The predicted octanol–water partition coefficient (Wildman–Crippen LogP) is 3.61. The maximum Gasteiger partial charge on any atom is 0.219 e. The van der Waals surface area contributed by atoms with Crippen LogP contribution >= 0.6 is 0 Å². The number of nitrogens with two attached hydrogens (primary N) is 1. The Morgan fingerprint density at radius 1 is 1.19 bits per heavy atom. The molecule has 0 radical (unpaired) electrons. The molecule has 2 N–H and O–H groups in total. The maximum absolute atomic E-state index is 5.91. The van der Waals surface area contributed by atoms with E-state index in [4.69, 9.17) is 10.5 Å². The maximum atomic E-state index is 5.91. The molecule has 3 heterocycles. The Bertz CT molecular complexity index is 941. The Kier molecular flexibility index (Phi) is 5.24. The molecule has 0 atom stereocenters. The smallest absolute Gasteiger partial charge is 0.219 e. The summed E-state index contributed by atoms with van der Waals surface area (Å²) in [5.74, 6) is 1.57. The van der Waals surface area contributed by atoms with Crippen LogP contribution in [0.25, 0.3) is 11.1 Å². The fraction of sp³-hybridized carbons (Fsp3) is 0.0500. The van der Waals surface area contributed by atoms with Crippen LogP contribution in [0.5, 0.6) is 5.88 Å². The van der Waals surface area contributed by atoms with E-state index in [0.717, 1.165) is 16.7 Å². The third kappa shape index (κ3) is 4.05. The number of rotatable bonds is 7. The summed E-state index contributed by atoms with van der Waals surface area (Å²) in [6.45, 7) is 7.91. The second-order valence-corrected chi connectivity index (χ2v) is 5.48. The van der Waals surface area contributed by atoms with Gasteiger partial charge in [0.05, 0.1) is 12.7 Å². The van der Waals surface area contributed by atoms with Crippen molar-refractivity contribution >= 4 is 5.82 Å². The molecule has 0 saturated heterocycles. The van der Waals surface area contributed by atoms with Gasteiger partial charge >= 0.3 is 0 Å². The van der Waals surface area contributed by atoms with Crippen molar-refractivity contribution in [1.82, 2.24) is 19.7 Å². The SMILES string of the molecule is C=C/C=C(\C=C)Oc1ccc(Cn2cc(-c3cccnc3N)cn2)cn1. The summed E-state index contributed by atoms with van der Waals surface area (Å²) in [5.41, 5.74) is 8.70. The van der Waals surface area contributed by atoms with Crippen molar-refractivity contribution in [2.24, 2.45) is 0 Å². The Hall–Kier alpha value is -3.67. The summed E-state index contributed by atoms with van der Waals surface area (Å²) >= 11 is 0. The first kappa shape index (κ1) is 17.2. The van der Waals surface area contributed by atoms with Gasteiger partial charge in [-0.3, -0.25) is 4.68 Å². The molecule has 6 heteroatoms. The van der Waals surface area contributed by atoms with E-state index in [1.807, 2.05) is 29.1 Å². The monoisotopic (exact) mass is 345 g/mol. The molecule has 0 aromatic carbocycles. The number of pyridine rings is 2. The molecule has 6 nitrogen and oxygen atoms in total. The molecule has 0 aliphatic rings. The standard InChI is InChI=1S/C20H19N5O/c1-3-6-17(4-2)26-19-9-8-15(11-23-19)13-25-14-16(12-24-25)18-7-5-10-22-20(18)21/h3-12,14H,1-2,13H2,(H2,21,22)/b17-6+. The molecular formula is C20H19N5O. The van der Waals surface area contributed by atoms with Crippen LogP contribution in [0.2, 0.25) is 0 Å². The summed E-state index contributed by atoms with van der Waals surface area (Å²) in [4.78, 5) is 8.41. The van der Waals surface area contributed by atoms with Gasteiger partial charge in [-0.15, -0.1) is 0 Å². The normalized spacial score (nSPS) is 11.2. The Morgan fingerprint density at radius 2 is 2.08 bits per heavy atom. The van der Waals surface area contributed by atoms with Gasteiger partial charge in [0.15, 0.2) is 0 Å². The molecule has 0 fully saturated rings. The van der Waals surface area contributed by atoms with Crippen molar-refractivity contribution in [3.05, 3.63) is 91.8 Å². The zero-order valence-corrected chi connectivity index (χ0v) is 14.2. The van der Waals surface area contributed by atoms with E-state index in [-0.39, 0.29) is 0 Å². The molecule has 0 amide bonds. The van der Waals surface area contributed by atoms with Crippen LogP contribution in [-0.4, -0.2) is 19.7 Å². The minimum absolute atomic E-state index is 0.487. The quantitative estimate of drug-likeness (QED) is 0.523. The van der Waals surface area contributed by atoms with Gasteiger partial charge in [0, 0.05) is 35.8 Å². The Labute approximate surface area is 152 Å². The van der Waals surface area contributed by atoms with Crippen molar-refractivity contribution in [2.75, 3.05) is 5.73 Å². The average molecular weight is 345 g/mol. The van der Waals surface area contributed by atoms with Gasteiger partial charge in [0.1, 0.15) is 11.6 Å². The average Bonchev–Trinajstić information content (AvgIpc) is 3.11. The fourth-order valence-electron chi connectivity index (χ4n) is 2.38. The van der Waals surface area contributed by atoms with E-state index < -0.39 is 0 Å². The molecule has 0 aliphatic heterocycles. The van der Waals surface area contributed by atoms with Gasteiger partial charge in [-0.1, -0.05) is 25.3 Å². The number of aromatic nitrogens is 4. The fourth-order valence-corrected chi connectivity index (χ4v) is 2.38. The van der Waals surface area contributed by atoms with Crippen LogP contribution in [0.15, 0.2) is 86.2 Å².